The molecule has 0 fully saturated rings. The first-order valence-corrected chi connectivity index (χ1v) is 9.33. The van der Waals surface area contributed by atoms with E-state index < -0.39 is 4.92 Å². The molecule has 2 aromatic carbocycles. The molecule has 4 rings (SSSR count). The average Bonchev–Trinajstić information content (AvgIpc) is 3.33. The summed E-state index contributed by atoms with van der Waals surface area (Å²) in [6, 6.07) is 14.7. The lowest BCUT2D eigenvalue weighted by Gasteiger charge is -2.24. The van der Waals surface area contributed by atoms with E-state index >= 15 is 0 Å². The molecule has 9 nitrogen and oxygen atoms in total. The Morgan fingerprint density at radius 1 is 1.28 bits per heavy atom. The zero-order chi connectivity index (χ0) is 20.4. The summed E-state index contributed by atoms with van der Waals surface area (Å²) in [5, 5.41) is 21.6. The topological polar surface area (TPSA) is 106 Å². The van der Waals surface area contributed by atoms with Crippen LogP contribution in [0.3, 0.4) is 0 Å². The highest BCUT2D eigenvalue weighted by Gasteiger charge is 2.25. The molecule has 9 heteroatoms. The summed E-state index contributed by atoms with van der Waals surface area (Å²) >= 11 is 0. The van der Waals surface area contributed by atoms with Crippen LogP contribution in [0.2, 0.25) is 0 Å². The number of nitrogens with zero attached hydrogens (tertiary/aromatic N) is 5. The van der Waals surface area contributed by atoms with Crippen molar-refractivity contribution in [3.63, 3.8) is 0 Å². The highest BCUT2D eigenvalue weighted by molar-refractivity contribution is 5.91. The monoisotopic (exact) mass is 392 g/mol. The molecule has 2 heterocycles. The van der Waals surface area contributed by atoms with Crippen molar-refractivity contribution in [2.24, 2.45) is 0 Å². The fraction of sp³-hybridized carbons (Fsp3) is 0.250. The number of amides is 1. The van der Waals surface area contributed by atoms with Crippen LogP contribution < -0.4 is 10.2 Å². The summed E-state index contributed by atoms with van der Waals surface area (Å²) in [6.07, 6.45) is 2.46. The Morgan fingerprint density at radius 2 is 2.10 bits per heavy atom. The molecule has 1 aliphatic heterocycles. The van der Waals surface area contributed by atoms with Crippen molar-refractivity contribution in [2.75, 3.05) is 18.0 Å². The lowest BCUT2D eigenvalue weighted by Crippen LogP contribution is -2.38. The van der Waals surface area contributed by atoms with E-state index in [-0.39, 0.29) is 17.3 Å². The standard InChI is InChI=1S/C20H20N6O3/c1-14-11-15-5-2-3-8-19(15)24(14)10-9-21-20(27)18-13-25(23-22-18)16-6-4-7-17(12-16)26(28)29/h2-8,12-14H,9-11H2,1H3,(H,21,27). The summed E-state index contributed by atoms with van der Waals surface area (Å²) in [4.78, 5) is 25.1. The Balaban J connectivity index is 1.38. The van der Waals surface area contributed by atoms with Gasteiger partial charge in [0.25, 0.3) is 11.6 Å². The first-order valence-electron chi connectivity index (χ1n) is 9.33. The number of rotatable bonds is 6. The number of hydrogen-bond donors (Lipinski definition) is 1. The minimum absolute atomic E-state index is 0.0518. The van der Waals surface area contributed by atoms with Crippen LogP contribution >= 0.6 is 0 Å². The molecular formula is C20H20N6O3. The third-order valence-corrected chi connectivity index (χ3v) is 5.02. The van der Waals surface area contributed by atoms with E-state index in [1.807, 2.05) is 12.1 Å². The molecule has 1 atom stereocenters. The number of hydrogen-bond acceptors (Lipinski definition) is 6. The van der Waals surface area contributed by atoms with Crippen LogP contribution in [0.4, 0.5) is 11.4 Å². The summed E-state index contributed by atoms with van der Waals surface area (Å²) < 4.78 is 1.35. The second-order valence-corrected chi connectivity index (χ2v) is 6.96. The fourth-order valence-corrected chi connectivity index (χ4v) is 3.59. The molecular weight excluding hydrogens is 372 g/mol. The van der Waals surface area contributed by atoms with Gasteiger partial charge >= 0.3 is 0 Å². The maximum Gasteiger partial charge on any atom is 0.273 e. The summed E-state index contributed by atoms with van der Waals surface area (Å²) in [5.41, 5.74) is 3.11. The van der Waals surface area contributed by atoms with Crippen molar-refractivity contribution in [2.45, 2.75) is 19.4 Å². The Kier molecular flexibility index (Phi) is 4.94. The number of aromatic nitrogens is 3. The molecule has 1 N–H and O–H groups in total. The van der Waals surface area contributed by atoms with Crippen molar-refractivity contribution in [1.29, 1.82) is 0 Å². The lowest BCUT2D eigenvalue weighted by atomic mass is 10.1. The summed E-state index contributed by atoms with van der Waals surface area (Å²) in [6.45, 7) is 3.34. The summed E-state index contributed by atoms with van der Waals surface area (Å²) in [5.74, 6) is -0.332. The van der Waals surface area contributed by atoms with E-state index in [1.165, 1.54) is 34.3 Å². The molecule has 148 valence electrons. The van der Waals surface area contributed by atoms with E-state index in [9.17, 15) is 14.9 Å². The van der Waals surface area contributed by atoms with Gasteiger partial charge in [-0.1, -0.05) is 29.5 Å². The number of carbonyl (C=O) groups excluding carboxylic acids is 1. The van der Waals surface area contributed by atoms with Crippen molar-refractivity contribution < 1.29 is 9.72 Å². The van der Waals surface area contributed by atoms with Crippen LogP contribution in [0.5, 0.6) is 0 Å². The molecule has 1 unspecified atom stereocenters. The molecule has 1 aromatic heterocycles. The van der Waals surface area contributed by atoms with Gasteiger partial charge in [-0.15, -0.1) is 5.10 Å². The Bertz CT molecular complexity index is 1060. The number of non-ortho nitro benzene ring substituents is 1. The number of anilines is 1. The zero-order valence-corrected chi connectivity index (χ0v) is 15.9. The number of benzene rings is 2. The largest absolute Gasteiger partial charge is 0.367 e. The Hall–Kier alpha value is -3.75. The maximum atomic E-state index is 12.4. The predicted octanol–water partition coefficient (Wildman–Crippen LogP) is 2.36. The van der Waals surface area contributed by atoms with E-state index in [2.05, 4.69) is 39.6 Å². The normalized spacial score (nSPS) is 15.2. The zero-order valence-electron chi connectivity index (χ0n) is 15.9. The van der Waals surface area contributed by atoms with Crippen LogP contribution in [-0.4, -0.2) is 45.0 Å². The van der Waals surface area contributed by atoms with Gasteiger partial charge in [-0.3, -0.25) is 14.9 Å². The Morgan fingerprint density at radius 3 is 2.93 bits per heavy atom. The van der Waals surface area contributed by atoms with Gasteiger partial charge in [-0.25, -0.2) is 4.68 Å². The van der Waals surface area contributed by atoms with Gasteiger partial charge in [0, 0.05) is 37.0 Å². The molecule has 29 heavy (non-hydrogen) atoms. The lowest BCUT2D eigenvalue weighted by molar-refractivity contribution is -0.384. The SMILES string of the molecule is CC1Cc2ccccc2N1CCNC(=O)c1cn(-c2cccc([N+](=O)[O-])c2)nn1. The molecule has 0 saturated carbocycles. The van der Waals surface area contributed by atoms with Gasteiger partial charge < -0.3 is 10.2 Å². The highest BCUT2D eigenvalue weighted by Crippen LogP contribution is 2.31. The summed E-state index contributed by atoms with van der Waals surface area (Å²) in [7, 11) is 0. The third kappa shape index (κ3) is 3.79. The third-order valence-electron chi connectivity index (χ3n) is 5.02. The van der Waals surface area contributed by atoms with Crippen molar-refractivity contribution in [1.82, 2.24) is 20.3 Å². The molecule has 1 aliphatic rings. The first kappa shape index (κ1) is 18.6. The van der Waals surface area contributed by atoms with Gasteiger partial charge in [0.1, 0.15) is 0 Å². The number of nitro benzene ring substituents is 1. The van der Waals surface area contributed by atoms with Gasteiger partial charge in [-0.05, 0) is 31.0 Å². The number of nitrogens with one attached hydrogen (secondary N) is 1. The molecule has 0 aliphatic carbocycles. The van der Waals surface area contributed by atoms with E-state index in [1.54, 1.807) is 12.1 Å². The van der Waals surface area contributed by atoms with Crippen molar-refractivity contribution in [3.05, 3.63) is 76.1 Å². The van der Waals surface area contributed by atoms with Crippen LogP contribution in [0.25, 0.3) is 5.69 Å². The minimum Gasteiger partial charge on any atom is -0.367 e. The van der Waals surface area contributed by atoms with Crippen LogP contribution in [0.1, 0.15) is 23.0 Å². The molecule has 0 spiro atoms. The molecule has 3 aromatic rings. The number of nitro groups is 1. The second kappa shape index (κ2) is 7.70. The molecule has 0 saturated heterocycles. The molecule has 0 radical (unpaired) electrons. The minimum atomic E-state index is -0.481. The maximum absolute atomic E-state index is 12.4. The molecule has 1 amide bonds. The van der Waals surface area contributed by atoms with Gasteiger partial charge in [-0.2, -0.15) is 0 Å². The average molecular weight is 392 g/mol. The predicted molar refractivity (Wildman–Crippen MR) is 107 cm³/mol. The van der Waals surface area contributed by atoms with Gasteiger partial charge in [0.05, 0.1) is 16.8 Å². The number of carbonyl (C=O) groups is 1. The van der Waals surface area contributed by atoms with Gasteiger partial charge in [0.2, 0.25) is 0 Å². The number of para-hydroxylation sites is 1. The van der Waals surface area contributed by atoms with Crippen molar-refractivity contribution >= 4 is 17.3 Å². The van der Waals surface area contributed by atoms with Crippen LogP contribution in [0, 0.1) is 10.1 Å². The van der Waals surface area contributed by atoms with E-state index in [0.717, 1.165) is 6.42 Å². The first-order chi connectivity index (χ1) is 14.0. The van der Waals surface area contributed by atoms with E-state index in [0.29, 0.717) is 24.8 Å². The number of fused-ring (bicyclic) bond motifs is 1. The second-order valence-electron chi connectivity index (χ2n) is 6.96. The van der Waals surface area contributed by atoms with E-state index in [4.69, 9.17) is 0 Å². The quantitative estimate of drug-likeness (QED) is 0.510. The van der Waals surface area contributed by atoms with Gasteiger partial charge in [0.15, 0.2) is 5.69 Å². The highest BCUT2D eigenvalue weighted by atomic mass is 16.6. The van der Waals surface area contributed by atoms with Crippen LogP contribution in [-0.2, 0) is 6.42 Å². The molecule has 0 bridgehead atoms. The van der Waals surface area contributed by atoms with Crippen molar-refractivity contribution in [3.8, 4) is 5.69 Å². The van der Waals surface area contributed by atoms with Crippen LogP contribution in [0.15, 0.2) is 54.7 Å². The fourth-order valence-electron chi connectivity index (χ4n) is 3.59. The smallest absolute Gasteiger partial charge is 0.273 e. The Labute approximate surface area is 167 Å².